The third kappa shape index (κ3) is 10.4. The van der Waals surface area contributed by atoms with E-state index in [0.717, 1.165) is 18.9 Å². The predicted molar refractivity (Wildman–Crippen MR) is 83.6 cm³/mol. The Morgan fingerprint density at radius 3 is 1.84 bits per heavy atom. The van der Waals surface area contributed by atoms with Crippen molar-refractivity contribution in [1.29, 1.82) is 0 Å². The van der Waals surface area contributed by atoms with Gasteiger partial charge in [-0.25, -0.2) is 0 Å². The topological polar surface area (TPSA) is 18.5 Å². The summed E-state index contributed by atoms with van der Waals surface area (Å²) in [7, 11) is 0. The van der Waals surface area contributed by atoms with E-state index < -0.39 is 0 Å². The van der Waals surface area contributed by atoms with Crippen molar-refractivity contribution < 1.29 is 9.47 Å². The predicted octanol–water partition coefficient (Wildman–Crippen LogP) is 5.06. The third-order valence-electron chi connectivity index (χ3n) is 3.31. The molecule has 0 heterocycles. The van der Waals surface area contributed by atoms with Gasteiger partial charge in [-0.05, 0) is 66.2 Å². The molecule has 2 atom stereocenters. The monoisotopic (exact) mass is 272 g/mol. The molecular weight excluding hydrogens is 236 g/mol. The van der Waals surface area contributed by atoms with Gasteiger partial charge >= 0.3 is 0 Å². The second-order valence-electron chi connectivity index (χ2n) is 7.91. The molecular formula is C17H36O2. The molecule has 0 fully saturated rings. The number of hydrogen-bond acceptors (Lipinski definition) is 2. The lowest BCUT2D eigenvalue weighted by Crippen LogP contribution is -2.36. The molecule has 0 saturated carbocycles. The van der Waals surface area contributed by atoms with Gasteiger partial charge in [0.15, 0.2) is 0 Å². The average molecular weight is 272 g/mol. The standard InChI is InChI=1S/C17H36O2/c1-13(2)12-14(3)15(4)18-11-10-17(8,9)19-16(5,6)7/h13-15H,10-12H2,1-9H3. The minimum Gasteiger partial charge on any atom is -0.378 e. The van der Waals surface area contributed by atoms with Crippen LogP contribution in [0, 0.1) is 11.8 Å². The molecule has 2 nitrogen and oxygen atoms in total. The lowest BCUT2D eigenvalue weighted by molar-refractivity contribution is -0.127. The van der Waals surface area contributed by atoms with E-state index in [2.05, 4.69) is 62.3 Å². The smallest absolute Gasteiger partial charge is 0.0655 e. The number of ether oxygens (including phenoxy) is 2. The first kappa shape index (κ1) is 18.9. The molecule has 0 N–H and O–H groups in total. The minimum atomic E-state index is -0.126. The molecule has 19 heavy (non-hydrogen) atoms. The van der Waals surface area contributed by atoms with Crippen molar-refractivity contribution in [3.8, 4) is 0 Å². The summed E-state index contributed by atoms with van der Waals surface area (Å²) in [6, 6.07) is 0. The van der Waals surface area contributed by atoms with E-state index in [4.69, 9.17) is 9.47 Å². The van der Waals surface area contributed by atoms with Gasteiger partial charge in [0.25, 0.3) is 0 Å². The Labute approximate surface area is 121 Å². The second kappa shape index (κ2) is 7.64. The molecule has 0 radical (unpaired) electrons. The van der Waals surface area contributed by atoms with E-state index in [1.54, 1.807) is 0 Å². The average Bonchev–Trinajstić information content (AvgIpc) is 2.11. The third-order valence-corrected chi connectivity index (χ3v) is 3.31. The van der Waals surface area contributed by atoms with Gasteiger partial charge < -0.3 is 9.47 Å². The van der Waals surface area contributed by atoms with Crippen molar-refractivity contribution in [1.82, 2.24) is 0 Å². The molecule has 0 aromatic heterocycles. The van der Waals surface area contributed by atoms with Crippen molar-refractivity contribution in [2.24, 2.45) is 11.8 Å². The van der Waals surface area contributed by atoms with Gasteiger partial charge in [-0.1, -0.05) is 20.8 Å². The quantitative estimate of drug-likeness (QED) is 0.615. The maximum atomic E-state index is 6.05. The van der Waals surface area contributed by atoms with Crippen LogP contribution in [-0.2, 0) is 9.47 Å². The van der Waals surface area contributed by atoms with Crippen LogP contribution in [0.3, 0.4) is 0 Å². The van der Waals surface area contributed by atoms with Gasteiger partial charge in [-0.2, -0.15) is 0 Å². The molecule has 0 aromatic carbocycles. The lowest BCUT2D eigenvalue weighted by atomic mass is 9.94. The Morgan fingerprint density at radius 1 is 0.895 bits per heavy atom. The normalized spacial score (nSPS) is 16.7. The van der Waals surface area contributed by atoms with Crippen LogP contribution in [0.1, 0.15) is 75.2 Å². The summed E-state index contributed by atoms with van der Waals surface area (Å²) in [5.74, 6) is 1.35. The summed E-state index contributed by atoms with van der Waals surface area (Å²) in [6.07, 6.45) is 2.49. The van der Waals surface area contributed by atoms with Gasteiger partial charge in [0.05, 0.1) is 17.3 Å². The van der Waals surface area contributed by atoms with Crippen LogP contribution in [0.5, 0.6) is 0 Å². The summed E-state index contributed by atoms with van der Waals surface area (Å²) < 4.78 is 12.0. The lowest BCUT2D eigenvalue weighted by Gasteiger charge is -2.34. The van der Waals surface area contributed by atoms with E-state index in [1.807, 2.05) is 0 Å². The van der Waals surface area contributed by atoms with Crippen LogP contribution in [0.2, 0.25) is 0 Å². The Hall–Kier alpha value is -0.0800. The number of rotatable bonds is 8. The fraction of sp³-hybridized carbons (Fsp3) is 1.00. The highest BCUT2D eigenvalue weighted by atomic mass is 16.5. The van der Waals surface area contributed by atoms with Crippen molar-refractivity contribution in [2.75, 3.05) is 6.61 Å². The van der Waals surface area contributed by atoms with E-state index in [-0.39, 0.29) is 11.2 Å². The largest absolute Gasteiger partial charge is 0.378 e. The highest BCUT2D eigenvalue weighted by Gasteiger charge is 2.26. The highest BCUT2D eigenvalue weighted by Crippen LogP contribution is 2.24. The molecule has 0 amide bonds. The van der Waals surface area contributed by atoms with Crippen LogP contribution < -0.4 is 0 Å². The number of hydrogen-bond donors (Lipinski definition) is 0. The van der Waals surface area contributed by atoms with Crippen molar-refractivity contribution >= 4 is 0 Å². The van der Waals surface area contributed by atoms with Crippen LogP contribution >= 0.6 is 0 Å². The van der Waals surface area contributed by atoms with Crippen LogP contribution in [-0.4, -0.2) is 23.9 Å². The highest BCUT2D eigenvalue weighted by molar-refractivity contribution is 4.74. The molecule has 0 saturated heterocycles. The van der Waals surface area contributed by atoms with E-state index >= 15 is 0 Å². The summed E-state index contributed by atoms with van der Waals surface area (Å²) in [5, 5.41) is 0. The van der Waals surface area contributed by atoms with E-state index in [0.29, 0.717) is 12.0 Å². The Bertz CT molecular complexity index is 238. The van der Waals surface area contributed by atoms with Gasteiger partial charge in [-0.3, -0.25) is 0 Å². The van der Waals surface area contributed by atoms with Gasteiger partial charge in [0.1, 0.15) is 0 Å². The molecule has 0 aromatic rings. The molecule has 0 aliphatic carbocycles. The SMILES string of the molecule is CC(C)CC(C)C(C)OCCC(C)(C)OC(C)(C)C. The van der Waals surface area contributed by atoms with E-state index in [9.17, 15) is 0 Å². The van der Waals surface area contributed by atoms with Gasteiger partial charge in [0.2, 0.25) is 0 Å². The maximum absolute atomic E-state index is 6.05. The fourth-order valence-corrected chi connectivity index (χ4v) is 2.47. The minimum absolute atomic E-state index is 0.0972. The van der Waals surface area contributed by atoms with Crippen molar-refractivity contribution in [2.45, 2.75) is 92.5 Å². The Kier molecular flexibility index (Phi) is 7.60. The van der Waals surface area contributed by atoms with Gasteiger partial charge in [0, 0.05) is 6.61 Å². The zero-order valence-corrected chi connectivity index (χ0v) is 14.7. The van der Waals surface area contributed by atoms with Crippen molar-refractivity contribution in [3.63, 3.8) is 0 Å². The summed E-state index contributed by atoms with van der Waals surface area (Å²) in [5.41, 5.74) is -0.223. The maximum Gasteiger partial charge on any atom is 0.0655 e. The summed E-state index contributed by atoms with van der Waals surface area (Å²) in [6.45, 7) is 20.4. The molecule has 2 unspecified atom stereocenters. The Balaban J connectivity index is 4.01. The second-order valence-corrected chi connectivity index (χ2v) is 7.91. The first-order valence-corrected chi connectivity index (χ1v) is 7.75. The molecule has 0 aliphatic rings. The molecule has 0 rings (SSSR count). The van der Waals surface area contributed by atoms with Crippen LogP contribution in [0.25, 0.3) is 0 Å². The molecule has 0 spiro atoms. The molecule has 2 heteroatoms. The molecule has 116 valence electrons. The summed E-state index contributed by atoms with van der Waals surface area (Å²) >= 11 is 0. The summed E-state index contributed by atoms with van der Waals surface area (Å²) in [4.78, 5) is 0. The fourth-order valence-electron chi connectivity index (χ4n) is 2.47. The Morgan fingerprint density at radius 2 is 1.42 bits per heavy atom. The van der Waals surface area contributed by atoms with Crippen molar-refractivity contribution in [3.05, 3.63) is 0 Å². The molecule has 0 bridgehead atoms. The van der Waals surface area contributed by atoms with Crippen LogP contribution in [0.4, 0.5) is 0 Å². The van der Waals surface area contributed by atoms with Crippen LogP contribution in [0.15, 0.2) is 0 Å². The zero-order valence-electron chi connectivity index (χ0n) is 14.7. The first-order valence-electron chi connectivity index (χ1n) is 7.75. The molecule has 0 aliphatic heterocycles. The first-order chi connectivity index (χ1) is 8.43. The van der Waals surface area contributed by atoms with E-state index in [1.165, 1.54) is 6.42 Å². The van der Waals surface area contributed by atoms with Gasteiger partial charge in [-0.15, -0.1) is 0 Å². The zero-order chi connectivity index (χ0) is 15.3.